The van der Waals surface area contributed by atoms with Crippen molar-refractivity contribution < 1.29 is 24.2 Å². The molecule has 0 fully saturated rings. The number of carbonyl (C=O) groups excluding carboxylic acids is 3. The van der Waals surface area contributed by atoms with Gasteiger partial charge < -0.3 is 20.1 Å². The zero-order valence-electron chi connectivity index (χ0n) is 22.5. The van der Waals surface area contributed by atoms with Crippen molar-refractivity contribution in [3.63, 3.8) is 0 Å². The highest BCUT2D eigenvalue weighted by Crippen LogP contribution is 2.17. The Balaban J connectivity index is 2.04. The average molecular weight is 553 g/mol. The third-order valence-electron chi connectivity index (χ3n) is 5.96. The molecule has 2 N–H and O–H groups in total. The van der Waals surface area contributed by atoms with Crippen molar-refractivity contribution in [3.05, 3.63) is 97.1 Å². The maximum absolute atomic E-state index is 13.3. The van der Waals surface area contributed by atoms with Crippen LogP contribution in [0.3, 0.4) is 0 Å². The summed E-state index contributed by atoms with van der Waals surface area (Å²) < 4.78 is 5.43. The van der Waals surface area contributed by atoms with Gasteiger partial charge >= 0.3 is 5.97 Å². The number of benzene rings is 2. The van der Waals surface area contributed by atoms with Gasteiger partial charge in [-0.3, -0.25) is 14.4 Å². The first-order valence-electron chi connectivity index (χ1n) is 13.2. The van der Waals surface area contributed by atoms with Crippen LogP contribution in [0.25, 0.3) is 0 Å². The van der Waals surface area contributed by atoms with Crippen LogP contribution in [0.5, 0.6) is 0 Å². The smallest absolute Gasteiger partial charge is 0.306 e. The van der Waals surface area contributed by atoms with Crippen LogP contribution in [0.2, 0.25) is 0 Å². The molecule has 8 heteroatoms. The molecule has 0 aliphatic carbocycles. The molecule has 2 aromatic rings. The minimum atomic E-state index is -0.634. The molecule has 0 aliphatic rings. The molecule has 0 saturated carbocycles. The first kappa shape index (κ1) is 31.9. The highest BCUT2D eigenvalue weighted by atomic mass is 32.2. The summed E-state index contributed by atoms with van der Waals surface area (Å²) in [4.78, 5) is 40.1. The molecule has 2 atom stereocenters. The number of allylic oxidation sites excluding steroid dienone is 2. The van der Waals surface area contributed by atoms with Crippen molar-refractivity contribution in [2.45, 2.75) is 44.0 Å². The van der Waals surface area contributed by atoms with Gasteiger partial charge in [-0.15, -0.1) is 13.2 Å². The SMILES string of the molecule is C=CCCC(=O)OC[C@H](CSCc1ccccc1)NC(=O)[C@H](CC=C)CC(=O)N(CCO)Cc1ccccc1. The van der Waals surface area contributed by atoms with Gasteiger partial charge in [0.15, 0.2) is 0 Å². The van der Waals surface area contributed by atoms with Crippen LogP contribution in [-0.2, 0) is 31.4 Å². The molecule has 0 saturated heterocycles. The molecular weight excluding hydrogens is 512 g/mol. The first-order valence-corrected chi connectivity index (χ1v) is 14.3. The molecule has 0 spiro atoms. The molecule has 2 aromatic carbocycles. The lowest BCUT2D eigenvalue weighted by Crippen LogP contribution is -2.45. The second-order valence-electron chi connectivity index (χ2n) is 9.17. The predicted molar refractivity (Wildman–Crippen MR) is 157 cm³/mol. The van der Waals surface area contributed by atoms with Crippen LogP contribution in [0.1, 0.15) is 36.8 Å². The van der Waals surface area contributed by atoms with E-state index in [0.717, 1.165) is 16.9 Å². The van der Waals surface area contributed by atoms with E-state index in [-0.39, 0.29) is 50.4 Å². The first-order chi connectivity index (χ1) is 19.0. The van der Waals surface area contributed by atoms with Crippen LogP contribution in [0.15, 0.2) is 86.0 Å². The van der Waals surface area contributed by atoms with Crippen LogP contribution in [-0.4, -0.2) is 59.3 Å². The van der Waals surface area contributed by atoms with E-state index in [1.54, 1.807) is 28.8 Å². The summed E-state index contributed by atoms with van der Waals surface area (Å²) in [5.74, 6) is -0.206. The van der Waals surface area contributed by atoms with Gasteiger partial charge in [0, 0.05) is 37.4 Å². The largest absolute Gasteiger partial charge is 0.463 e. The number of hydrogen-bond donors (Lipinski definition) is 2. The monoisotopic (exact) mass is 552 g/mol. The Bertz CT molecular complexity index is 1030. The Morgan fingerprint density at radius 2 is 1.67 bits per heavy atom. The Kier molecular flexibility index (Phi) is 15.4. The maximum atomic E-state index is 13.3. The molecule has 2 amide bonds. The Morgan fingerprint density at radius 1 is 1.00 bits per heavy atom. The lowest BCUT2D eigenvalue weighted by molar-refractivity contribution is -0.145. The number of ether oxygens (including phenoxy) is 1. The fraction of sp³-hybridized carbons (Fsp3) is 0.387. The number of amides is 2. The fourth-order valence-corrected chi connectivity index (χ4v) is 4.88. The quantitative estimate of drug-likeness (QED) is 0.197. The molecule has 0 aromatic heterocycles. The molecule has 0 unspecified atom stereocenters. The molecule has 0 heterocycles. The van der Waals surface area contributed by atoms with Crippen molar-refractivity contribution in [1.82, 2.24) is 10.2 Å². The summed E-state index contributed by atoms with van der Waals surface area (Å²) >= 11 is 1.63. The number of hydrogen-bond acceptors (Lipinski definition) is 6. The second kappa shape index (κ2) is 18.8. The van der Waals surface area contributed by atoms with E-state index < -0.39 is 12.0 Å². The summed E-state index contributed by atoms with van der Waals surface area (Å²) in [6.07, 6.45) is 4.34. The van der Waals surface area contributed by atoms with Crippen LogP contribution >= 0.6 is 11.8 Å². The van der Waals surface area contributed by atoms with Gasteiger partial charge in [-0.05, 0) is 24.0 Å². The highest BCUT2D eigenvalue weighted by Gasteiger charge is 2.26. The van der Waals surface area contributed by atoms with E-state index in [2.05, 4.69) is 18.5 Å². The number of nitrogens with zero attached hydrogens (tertiary/aromatic N) is 1. The normalized spacial score (nSPS) is 12.1. The Morgan fingerprint density at radius 3 is 2.28 bits per heavy atom. The molecule has 2 rings (SSSR count). The number of carbonyl (C=O) groups is 3. The van der Waals surface area contributed by atoms with E-state index in [1.807, 2.05) is 60.7 Å². The summed E-state index contributed by atoms with van der Waals surface area (Å²) in [5, 5.41) is 12.5. The average Bonchev–Trinajstić information content (AvgIpc) is 2.95. The molecule has 7 nitrogen and oxygen atoms in total. The van der Waals surface area contributed by atoms with Crippen molar-refractivity contribution in [2.24, 2.45) is 5.92 Å². The number of aliphatic hydroxyl groups is 1. The standard InChI is InChI=1S/C31H40N2O5S/c1-3-5-17-30(36)38-22-28(24-39-23-26-15-10-7-11-16-26)32-31(37)27(12-4-2)20-29(35)33(18-19-34)21-25-13-8-6-9-14-25/h3-4,6-11,13-16,27-28,34H,1-2,5,12,17-24H2,(H,32,37)/t27-,28-/m1/s1. The van der Waals surface area contributed by atoms with Gasteiger partial charge in [-0.25, -0.2) is 0 Å². The van der Waals surface area contributed by atoms with E-state index in [4.69, 9.17) is 4.74 Å². The zero-order valence-corrected chi connectivity index (χ0v) is 23.3. The predicted octanol–water partition coefficient (Wildman–Crippen LogP) is 4.52. The molecule has 0 radical (unpaired) electrons. The lowest BCUT2D eigenvalue weighted by atomic mass is 9.98. The molecule has 210 valence electrons. The van der Waals surface area contributed by atoms with Crippen molar-refractivity contribution in [3.8, 4) is 0 Å². The van der Waals surface area contributed by atoms with E-state index in [9.17, 15) is 19.5 Å². The maximum Gasteiger partial charge on any atom is 0.306 e. The minimum Gasteiger partial charge on any atom is -0.463 e. The summed E-state index contributed by atoms with van der Waals surface area (Å²) in [7, 11) is 0. The van der Waals surface area contributed by atoms with Gasteiger partial charge in [0.1, 0.15) is 6.61 Å². The Labute approximate surface area is 236 Å². The lowest BCUT2D eigenvalue weighted by Gasteiger charge is -2.26. The molecule has 0 aliphatic heterocycles. The van der Waals surface area contributed by atoms with Crippen LogP contribution in [0.4, 0.5) is 0 Å². The molecule has 0 bridgehead atoms. The number of thioether (sulfide) groups is 1. The summed E-state index contributed by atoms with van der Waals surface area (Å²) in [5.41, 5.74) is 2.10. The summed E-state index contributed by atoms with van der Waals surface area (Å²) in [6.45, 7) is 7.78. The molecular formula is C31H40N2O5S. The van der Waals surface area contributed by atoms with E-state index >= 15 is 0 Å². The second-order valence-corrected chi connectivity index (χ2v) is 10.2. The topological polar surface area (TPSA) is 95.9 Å². The van der Waals surface area contributed by atoms with Crippen molar-refractivity contribution in [2.75, 3.05) is 25.5 Å². The molecule has 39 heavy (non-hydrogen) atoms. The third kappa shape index (κ3) is 12.8. The number of aliphatic hydroxyl groups excluding tert-OH is 1. The number of esters is 1. The van der Waals surface area contributed by atoms with Gasteiger partial charge in [-0.1, -0.05) is 72.8 Å². The van der Waals surface area contributed by atoms with Crippen LogP contribution < -0.4 is 5.32 Å². The fourth-order valence-electron chi connectivity index (χ4n) is 3.87. The van der Waals surface area contributed by atoms with Crippen molar-refractivity contribution in [1.29, 1.82) is 0 Å². The number of rotatable bonds is 19. The van der Waals surface area contributed by atoms with E-state index in [1.165, 1.54) is 0 Å². The van der Waals surface area contributed by atoms with Crippen molar-refractivity contribution >= 4 is 29.5 Å². The zero-order chi connectivity index (χ0) is 28.3. The summed E-state index contributed by atoms with van der Waals surface area (Å²) in [6, 6.07) is 19.1. The minimum absolute atomic E-state index is 0.0202. The van der Waals surface area contributed by atoms with Crippen LogP contribution in [0, 0.1) is 5.92 Å². The third-order valence-corrected chi connectivity index (χ3v) is 7.13. The van der Waals surface area contributed by atoms with Gasteiger partial charge in [0.05, 0.1) is 18.6 Å². The van der Waals surface area contributed by atoms with Gasteiger partial charge in [0.25, 0.3) is 0 Å². The van der Waals surface area contributed by atoms with E-state index in [0.29, 0.717) is 25.1 Å². The number of nitrogens with one attached hydrogen (secondary N) is 1. The highest BCUT2D eigenvalue weighted by molar-refractivity contribution is 7.98. The Hall–Kier alpha value is -3.36. The van der Waals surface area contributed by atoms with Gasteiger partial charge in [-0.2, -0.15) is 11.8 Å². The van der Waals surface area contributed by atoms with Gasteiger partial charge in [0.2, 0.25) is 11.8 Å².